The van der Waals surface area contributed by atoms with Crippen LogP contribution in [0.4, 0.5) is 0 Å². The molecule has 0 heterocycles. The molecule has 14 heavy (non-hydrogen) atoms. The van der Waals surface area contributed by atoms with Crippen LogP contribution in [0.2, 0.25) is 0 Å². The second kappa shape index (κ2) is 3.52. The topological polar surface area (TPSA) is 40.1 Å². The van der Waals surface area contributed by atoms with E-state index in [0.29, 0.717) is 4.90 Å². The van der Waals surface area contributed by atoms with E-state index in [1.54, 1.807) is 12.1 Å². The molecule has 0 aliphatic carbocycles. The van der Waals surface area contributed by atoms with Crippen LogP contribution in [0.5, 0.6) is 0 Å². The Morgan fingerprint density at radius 3 is 2.64 bits per heavy atom. The molecule has 0 radical (unpaired) electrons. The average molecular weight is 205 g/mol. The minimum Gasteiger partial charge on any atom is -0.768 e. The zero-order chi connectivity index (χ0) is 10.1. The fourth-order valence-corrected chi connectivity index (χ4v) is 2.06. The summed E-state index contributed by atoms with van der Waals surface area (Å²) in [7, 11) is 0. The number of aryl methyl sites for hydroxylation is 1. The zero-order valence-electron chi connectivity index (χ0n) is 7.69. The van der Waals surface area contributed by atoms with Gasteiger partial charge in [-0.3, -0.25) is 4.21 Å². The van der Waals surface area contributed by atoms with E-state index in [0.717, 1.165) is 16.3 Å². The van der Waals surface area contributed by atoms with E-state index in [-0.39, 0.29) is 0 Å². The Labute approximate surface area is 84.9 Å². The van der Waals surface area contributed by atoms with Gasteiger partial charge >= 0.3 is 0 Å². The number of rotatable bonds is 1. The standard InChI is InChI=1S/C11H10O2S/c1-8-6-10(14(12)13)7-9-4-2-3-5-11(8)9/h2-7H,1H3,(H,12,13)/p-1. The Balaban J connectivity index is 2.78. The second-order valence-corrected chi connectivity index (χ2v) is 4.14. The normalized spacial score (nSPS) is 13.0. The van der Waals surface area contributed by atoms with Gasteiger partial charge in [0.2, 0.25) is 0 Å². The van der Waals surface area contributed by atoms with Crippen molar-refractivity contribution in [2.75, 3.05) is 0 Å². The number of hydrogen-bond acceptors (Lipinski definition) is 2. The lowest BCUT2D eigenvalue weighted by Crippen LogP contribution is -1.90. The molecule has 72 valence electrons. The quantitative estimate of drug-likeness (QED) is 0.670. The highest BCUT2D eigenvalue weighted by Gasteiger charge is 1.99. The van der Waals surface area contributed by atoms with Crippen molar-refractivity contribution < 1.29 is 8.76 Å². The van der Waals surface area contributed by atoms with E-state index in [1.165, 1.54) is 0 Å². The fourth-order valence-electron chi connectivity index (χ4n) is 1.56. The molecule has 0 saturated heterocycles. The van der Waals surface area contributed by atoms with Gasteiger partial charge in [0, 0.05) is 4.90 Å². The van der Waals surface area contributed by atoms with Crippen LogP contribution in [0.25, 0.3) is 10.8 Å². The van der Waals surface area contributed by atoms with E-state index >= 15 is 0 Å². The SMILES string of the molecule is Cc1cc(S(=O)[O-])cc2ccccc12. The first-order chi connectivity index (χ1) is 6.68. The smallest absolute Gasteiger partial charge is 0.0257 e. The van der Waals surface area contributed by atoms with Crippen molar-refractivity contribution >= 4 is 21.9 Å². The molecule has 0 saturated carbocycles. The first kappa shape index (κ1) is 9.37. The third-order valence-corrected chi connectivity index (χ3v) is 2.86. The molecule has 0 aromatic heterocycles. The molecule has 2 nitrogen and oxygen atoms in total. The predicted octanol–water partition coefficient (Wildman–Crippen LogP) is 2.39. The maximum atomic E-state index is 10.8. The van der Waals surface area contributed by atoms with Gasteiger partial charge in [-0.2, -0.15) is 0 Å². The maximum absolute atomic E-state index is 10.8. The van der Waals surface area contributed by atoms with E-state index in [4.69, 9.17) is 0 Å². The molecule has 3 heteroatoms. The summed E-state index contributed by atoms with van der Waals surface area (Å²) in [6.07, 6.45) is 0. The van der Waals surface area contributed by atoms with Crippen molar-refractivity contribution in [3.63, 3.8) is 0 Å². The molecule has 2 aromatic carbocycles. The van der Waals surface area contributed by atoms with Crippen LogP contribution in [0.1, 0.15) is 5.56 Å². The van der Waals surface area contributed by atoms with Gasteiger partial charge in [-0.05, 0) is 46.5 Å². The maximum Gasteiger partial charge on any atom is 0.0257 e. The van der Waals surface area contributed by atoms with Crippen molar-refractivity contribution in [2.24, 2.45) is 0 Å². The predicted molar refractivity (Wildman–Crippen MR) is 55.9 cm³/mol. The lowest BCUT2D eigenvalue weighted by Gasteiger charge is -2.08. The van der Waals surface area contributed by atoms with Crippen molar-refractivity contribution in [2.45, 2.75) is 11.8 Å². The molecule has 0 fully saturated rings. The van der Waals surface area contributed by atoms with E-state index < -0.39 is 11.1 Å². The highest BCUT2D eigenvalue weighted by atomic mass is 32.2. The summed E-state index contributed by atoms with van der Waals surface area (Å²) in [5.74, 6) is 0. The summed E-state index contributed by atoms with van der Waals surface area (Å²) in [5, 5.41) is 2.06. The lowest BCUT2D eigenvalue weighted by atomic mass is 10.1. The van der Waals surface area contributed by atoms with Gasteiger partial charge in [0.05, 0.1) is 0 Å². The molecule has 2 rings (SSSR count). The van der Waals surface area contributed by atoms with Crippen LogP contribution in [-0.4, -0.2) is 8.76 Å². The molecular formula is C11H9O2S-. The first-order valence-corrected chi connectivity index (χ1v) is 5.34. The minimum absolute atomic E-state index is 0.348. The molecule has 0 amide bonds. The van der Waals surface area contributed by atoms with Gasteiger partial charge in [0.1, 0.15) is 0 Å². The molecule has 0 N–H and O–H groups in total. The van der Waals surface area contributed by atoms with Gasteiger partial charge in [-0.15, -0.1) is 0 Å². The zero-order valence-corrected chi connectivity index (χ0v) is 8.51. The van der Waals surface area contributed by atoms with Crippen molar-refractivity contribution in [3.8, 4) is 0 Å². The van der Waals surface area contributed by atoms with Gasteiger partial charge in [-0.1, -0.05) is 24.3 Å². The molecule has 0 aliphatic rings. The van der Waals surface area contributed by atoms with E-state index in [1.807, 2.05) is 31.2 Å². The molecule has 0 aliphatic heterocycles. The Morgan fingerprint density at radius 2 is 1.93 bits per heavy atom. The number of benzene rings is 2. The molecular weight excluding hydrogens is 196 g/mol. The summed E-state index contributed by atoms with van der Waals surface area (Å²) in [5.41, 5.74) is 0.988. The first-order valence-electron chi connectivity index (χ1n) is 4.27. The van der Waals surface area contributed by atoms with Gasteiger partial charge in [-0.25, -0.2) is 0 Å². The van der Waals surface area contributed by atoms with Gasteiger partial charge < -0.3 is 4.55 Å². The second-order valence-electron chi connectivity index (χ2n) is 3.20. The fraction of sp³-hybridized carbons (Fsp3) is 0.0909. The Hall–Kier alpha value is -1.19. The van der Waals surface area contributed by atoms with Crippen LogP contribution in [0.15, 0.2) is 41.3 Å². The van der Waals surface area contributed by atoms with Crippen LogP contribution < -0.4 is 0 Å². The highest BCUT2D eigenvalue weighted by Crippen LogP contribution is 2.21. The number of hydrogen-bond donors (Lipinski definition) is 0. The Bertz CT molecular complexity index is 506. The van der Waals surface area contributed by atoms with Crippen LogP contribution in [-0.2, 0) is 11.1 Å². The summed E-state index contributed by atoms with van der Waals surface area (Å²) in [6.45, 7) is 1.92. The van der Waals surface area contributed by atoms with Crippen molar-refractivity contribution in [3.05, 3.63) is 42.0 Å². The molecule has 1 atom stereocenters. The third kappa shape index (κ3) is 1.56. The summed E-state index contributed by atoms with van der Waals surface area (Å²) in [4.78, 5) is 0.348. The van der Waals surface area contributed by atoms with Gasteiger partial charge in [0.15, 0.2) is 0 Å². The molecule has 0 bridgehead atoms. The van der Waals surface area contributed by atoms with Crippen LogP contribution >= 0.6 is 0 Å². The largest absolute Gasteiger partial charge is 0.768 e. The van der Waals surface area contributed by atoms with Crippen LogP contribution in [0, 0.1) is 6.92 Å². The summed E-state index contributed by atoms with van der Waals surface area (Å²) in [6, 6.07) is 11.1. The Morgan fingerprint density at radius 1 is 1.21 bits per heavy atom. The monoisotopic (exact) mass is 205 g/mol. The van der Waals surface area contributed by atoms with Gasteiger partial charge in [0.25, 0.3) is 0 Å². The molecule has 1 unspecified atom stereocenters. The third-order valence-electron chi connectivity index (χ3n) is 2.23. The number of fused-ring (bicyclic) bond motifs is 1. The van der Waals surface area contributed by atoms with Crippen molar-refractivity contribution in [1.82, 2.24) is 0 Å². The van der Waals surface area contributed by atoms with E-state index in [2.05, 4.69) is 0 Å². The summed E-state index contributed by atoms with van der Waals surface area (Å²) >= 11 is -2.15. The van der Waals surface area contributed by atoms with Crippen LogP contribution in [0.3, 0.4) is 0 Å². The van der Waals surface area contributed by atoms with Crippen molar-refractivity contribution in [1.29, 1.82) is 0 Å². The van der Waals surface area contributed by atoms with E-state index in [9.17, 15) is 8.76 Å². The average Bonchev–Trinajstić information content (AvgIpc) is 2.17. The molecule has 2 aromatic rings. The highest BCUT2D eigenvalue weighted by molar-refractivity contribution is 7.79. The summed E-state index contributed by atoms with van der Waals surface area (Å²) < 4.78 is 21.6. The minimum atomic E-state index is -2.15. The molecule has 0 spiro atoms. The lowest BCUT2D eigenvalue weighted by molar-refractivity contribution is 0.537. The Kier molecular flexibility index (Phi) is 2.35.